The van der Waals surface area contributed by atoms with Crippen molar-refractivity contribution in [3.8, 4) is 11.5 Å². The summed E-state index contributed by atoms with van der Waals surface area (Å²) in [6.07, 6.45) is 2.45. The molecule has 0 aliphatic carbocycles. The average molecular weight is 353 g/mol. The molecule has 136 valence electrons. The molecule has 1 heterocycles. The van der Waals surface area contributed by atoms with Gasteiger partial charge in [0, 0.05) is 18.7 Å². The molecule has 6 nitrogen and oxygen atoms in total. The van der Waals surface area contributed by atoms with Gasteiger partial charge in [0.15, 0.2) is 11.5 Å². The standard InChI is InChI=1S/C20H23N3O3/c1-25-18-10-5-7-15(19(18)26-2)13-21-11-6-12-23-14-22-17-9-4-3-8-16(17)20(23)24/h3-5,7-10,14,21H,6,11-13H2,1-2H3. The lowest BCUT2D eigenvalue weighted by Gasteiger charge is -2.13. The number of benzene rings is 2. The summed E-state index contributed by atoms with van der Waals surface area (Å²) in [5.74, 6) is 1.47. The molecule has 0 saturated heterocycles. The normalized spacial score (nSPS) is 10.8. The van der Waals surface area contributed by atoms with Crippen molar-refractivity contribution < 1.29 is 9.47 Å². The van der Waals surface area contributed by atoms with Crippen molar-refractivity contribution in [2.24, 2.45) is 0 Å². The van der Waals surface area contributed by atoms with E-state index >= 15 is 0 Å². The number of hydrogen-bond donors (Lipinski definition) is 1. The molecule has 0 fully saturated rings. The van der Waals surface area contributed by atoms with Crippen LogP contribution in [0.25, 0.3) is 10.9 Å². The van der Waals surface area contributed by atoms with Gasteiger partial charge in [-0.05, 0) is 31.2 Å². The fraction of sp³-hybridized carbons (Fsp3) is 0.300. The number of para-hydroxylation sites is 2. The summed E-state index contributed by atoms with van der Waals surface area (Å²) in [6.45, 7) is 2.07. The number of methoxy groups -OCH3 is 2. The summed E-state index contributed by atoms with van der Waals surface area (Å²) >= 11 is 0. The van der Waals surface area contributed by atoms with E-state index in [2.05, 4.69) is 10.3 Å². The maximum Gasteiger partial charge on any atom is 0.261 e. The third kappa shape index (κ3) is 3.86. The van der Waals surface area contributed by atoms with Gasteiger partial charge >= 0.3 is 0 Å². The molecular weight excluding hydrogens is 330 g/mol. The van der Waals surface area contributed by atoms with Crippen LogP contribution in [0, 0.1) is 0 Å². The molecule has 0 aliphatic heterocycles. The number of fused-ring (bicyclic) bond motifs is 1. The van der Waals surface area contributed by atoms with Gasteiger partial charge in [-0.25, -0.2) is 4.98 Å². The van der Waals surface area contributed by atoms with Gasteiger partial charge in [0.1, 0.15) is 0 Å². The van der Waals surface area contributed by atoms with E-state index in [1.165, 1.54) is 0 Å². The van der Waals surface area contributed by atoms with E-state index in [4.69, 9.17) is 9.47 Å². The van der Waals surface area contributed by atoms with E-state index in [9.17, 15) is 4.79 Å². The highest BCUT2D eigenvalue weighted by atomic mass is 16.5. The quantitative estimate of drug-likeness (QED) is 0.631. The average Bonchev–Trinajstić information content (AvgIpc) is 2.69. The molecule has 0 atom stereocenters. The lowest BCUT2D eigenvalue weighted by Crippen LogP contribution is -2.23. The molecule has 1 N–H and O–H groups in total. The SMILES string of the molecule is COc1cccc(CNCCCn2cnc3ccccc3c2=O)c1OC. The van der Waals surface area contributed by atoms with Crippen LogP contribution in [-0.2, 0) is 13.1 Å². The van der Waals surface area contributed by atoms with Crippen LogP contribution in [-0.4, -0.2) is 30.3 Å². The Morgan fingerprint density at radius 1 is 1.08 bits per heavy atom. The Bertz CT molecular complexity index is 937. The molecule has 6 heteroatoms. The Kier molecular flexibility index (Phi) is 5.86. The third-order valence-corrected chi connectivity index (χ3v) is 4.28. The second-order valence-electron chi connectivity index (χ2n) is 5.94. The number of ether oxygens (including phenoxy) is 2. The van der Waals surface area contributed by atoms with Gasteiger partial charge in [-0.2, -0.15) is 0 Å². The van der Waals surface area contributed by atoms with Gasteiger partial charge in [-0.3, -0.25) is 9.36 Å². The van der Waals surface area contributed by atoms with E-state index in [-0.39, 0.29) is 5.56 Å². The van der Waals surface area contributed by atoms with Gasteiger partial charge in [-0.1, -0.05) is 24.3 Å². The van der Waals surface area contributed by atoms with Crippen molar-refractivity contribution >= 4 is 10.9 Å². The lowest BCUT2D eigenvalue weighted by molar-refractivity contribution is 0.350. The van der Waals surface area contributed by atoms with Gasteiger partial charge in [0.05, 0.1) is 31.4 Å². The van der Waals surface area contributed by atoms with Crippen LogP contribution in [0.3, 0.4) is 0 Å². The van der Waals surface area contributed by atoms with E-state index in [0.29, 0.717) is 18.5 Å². The third-order valence-electron chi connectivity index (χ3n) is 4.28. The van der Waals surface area contributed by atoms with Crippen molar-refractivity contribution in [3.05, 3.63) is 64.7 Å². The maximum atomic E-state index is 12.4. The smallest absolute Gasteiger partial charge is 0.261 e. The van der Waals surface area contributed by atoms with E-state index in [1.807, 2.05) is 42.5 Å². The Balaban J connectivity index is 1.55. The number of aromatic nitrogens is 2. The Labute approximate surface area is 152 Å². The zero-order chi connectivity index (χ0) is 18.4. The zero-order valence-electron chi connectivity index (χ0n) is 15.1. The van der Waals surface area contributed by atoms with Crippen LogP contribution in [0.2, 0.25) is 0 Å². The van der Waals surface area contributed by atoms with Crippen LogP contribution in [0.4, 0.5) is 0 Å². The summed E-state index contributed by atoms with van der Waals surface area (Å²) in [7, 11) is 3.27. The number of nitrogens with one attached hydrogen (secondary N) is 1. The lowest BCUT2D eigenvalue weighted by atomic mass is 10.2. The first-order valence-corrected chi connectivity index (χ1v) is 8.59. The van der Waals surface area contributed by atoms with Crippen LogP contribution in [0.5, 0.6) is 11.5 Å². The highest BCUT2D eigenvalue weighted by molar-refractivity contribution is 5.76. The van der Waals surface area contributed by atoms with Gasteiger partial charge in [0.2, 0.25) is 0 Å². The second-order valence-corrected chi connectivity index (χ2v) is 5.94. The fourth-order valence-corrected chi connectivity index (χ4v) is 2.96. The first kappa shape index (κ1) is 17.9. The molecule has 0 spiro atoms. The summed E-state index contributed by atoms with van der Waals surface area (Å²) < 4.78 is 12.4. The summed E-state index contributed by atoms with van der Waals surface area (Å²) in [6, 6.07) is 13.2. The number of aryl methyl sites for hydroxylation is 1. The highest BCUT2D eigenvalue weighted by Gasteiger charge is 2.08. The first-order chi connectivity index (χ1) is 12.7. The molecule has 0 aliphatic rings. The highest BCUT2D eigenvalue weighted by Crippen LogP contribution is 2.30. The second kappa shape index (κ2) is 8.49. The molecule has 3 aromatic rings. The molecule has 2 aromatic carbocycles. The van der Waals surface area contributed by atoms with Crippen molar-refractivity contribution in [2.75, 3.05) is 20.8 Å². The largest absolute Gasteiger partial charge is 0.493 e. The predicted molar refractivity (Wildman–Crippen MR) is 102 cm³/mol. The predicted octanol–water partition coefficient (Wildman–Crippen LogP) is 2.59. The molecule has 1 aromatic heterocycles. The van der Waals surface area contributed by atoms with Gasteiger partial charge in [-0.15, -0.1) is 0 Å². The van der Waals surface area contributed by atoms with Crippen LogP contribution >= 0.6 is 0 Å². The fourth-order valence-electron chi connectivity index (χ4n) is 2.96. The summed E-state index contributed by atoms with van der Waals surface area (Å²) in [5.41, 5.74) is 1.78. The van der Waals surface area contributed by atoms with Crippen molar-refractivity contribution in [2.45, 2.75) is 19.5 Å². The Hall–Kier alpha value is -2.86. The van der Waals surface area contributed by atoms with Crippen LogP contribution in [0.1, 0.15) is 12.0 Å². The molecule has 0 unspecified atom stereocenters. The molecule has 0 saturated carbocycles. The van der Waals surface area contributed by atoms with E-state index in [0.717, 1.165) is 35.5 Å². The van der Waals surface area contributed by atoms with Gasteiger partial charge in [0.25, 0.3) is 5.56 Å². The minimum Gasteiger partial charge on any atom is -0.493 e. The van der Waals surface area contributed by atoms with Crippen LogP contribution < -0.4 is 20.3 Å². The molecule has 3 rings (SSSR count). The summed E-state index contributed by atoms with van der Waals surface area (Å²) in [5, 5.41) is 4.04. The maximum absolute atomic E-state index is 12.4. The van der Waals surface area contributed by atoms with E-state index in [1.54, 1.807) is 25.1 Å². The monoisotopic (exact) mass is 353 g/mol. The van der Waals surface area contributed by atoms with Crippen LogP contribution in [0.15, 0.2) is 53.6 Å². The molecule has 26 heavy (non-hydrogen) atoms. The summed E-state index contributed by atoms with van der Waals surface area (Å²) in [4.78, 5) is 16.8. The number of rotatable bonds is 8. The van der Waals surface area contributed by atoms with E-state index < -0.39 is 0 Å². The molecular formula is C20H23N3O3. The molecule has 0 bridgehead atoms. The minimum atomic E-state index is 0.00469. The Morgan fingerprint density at radius 2 is 1.92 bits per heavy atom. The van der Waals surface area contributed by atoms with Crippen molar-refractivity contribution in [1.82, 2.24) is 14.9 Å². The van der Waals surface area contributed by atoms with Gasteiger partial charge < -0.3 is 14.8 Å². The first-order valence-electron chi connectivity index (χ1n) is 8.59. The molecule has 0 radical (unpaired) electrons. The van der Waals surface area contributed by atoms with Crippen molar-refractivity contribution in [3.63, 3.8) is 0 Å². The molecule has 0 amide bonds. The number of hydrogen-bond acceptors (Lipinski definition) is 5. The van der Waals surface area contributed by atoms with Crippen molar-refractivity contribution in [1.29, 1.82) is 0 Å². The Morgan fingerprint density at radius 3 is 2.73 bits per heavy atom. The number of nitrogens with zero attached hydrogens (tertiary/aromatic N) is 2. The zero-order valence-corrected chi connectivity index (χ0v) is 15.1. The minimum absolute atomic E-state index is 0.00469. The topological polar surface area (TPSA) is 65.4 Å².